The van der Waals surface area contributed by atoms with Gasteiger partial charge in [-0.15, -0.1) is 0 Å². The summed E-state index contributed by atoms with van der Waals surface area (Å²) in [5, 5.41) is 12.8. The van der Waals surface area contributed by atoms with Gasteiger partial charge in [-0.25, -0.2) is 9.97 Å². The number of hydrogen-bond donors (Lipinski definition) is 2. The van der Waals surface area contributed by atoms with E-state index in [4.69, 9.17) is 4.98 Å². The number of nitrogens with one attached hydrogen (secondary N) is 1. The third-order valence-corrected chi connectivity index (χ3v) is 3.78. The van der Waals surface area contributed by atoms with Gasteiger partial charge in [-0.2, -0.15) is 0 Å². The van der Waals surface area contributed by atoms with E-state index in [9.17, 15) is 5.11 Å². The molecule has 3 rings (SSSR count). The molecule has 1 aliphatic heterocycles. The molecule has 1 aliphatic carbocycles. The standard InChI is InChI=1S/C13H20N4O/c1-8-11(14-2)15-12(9-3-4-9)16-13(8)17-6-5-10(18)7-17/h9-10,18H,3-7H2,1-2H3,(H,14,15,16). The topological polar surface area (TPSA) is 61.3 Å². The van der Waals surface area contributed by atoms with Gasteiger partial charge in [0.05, 0.1) is 6.10 Å². The molecule has 0 radical (unpaired) electrons. The second-order valence-electron chi connectivity index (χ2n) is 5.29. The maximum atomic E-state index is 9.67. The van der Waals surface area contributed by atoms with Crippen LogP contribution < -0.4 is 10.2 Å². The van der Waals surface area contributed by atoms with Gasteiger partial charge in [-0.05, 0) is 26.2 Å². The fourth-order valence-corrected chi connectivity index (χ4v) is 2.53. The Morgan fingerprint density at radius 3 is 2.61 bits per heavy atom. The molecule has 1 saturated heterocycles. The third-order valence-electron chi connectivity index (χ3n) is 3.78. The van der Waals surface area contributed by atoms with Crippen LogP contribution in [0.4, 0.5) is 11.6 Å². The second-order valence-corrected chi connectivity index (χ2v) is 5.29. The number of nitrogens with zero attached hydrogens (tertiary/aromatic N) is 3. The van der Waals surface area contributed by atoms with Crippen LogP contribution in [-0.4, -0.2) is 41.3 Å². The van der Waals surface area contributed by atoms with Crippen LogP contribution in [0.5, 0.6) is 0 Å². The number of aromatic nitrogens is 2. The number of rotatable bonds is 3. The van der Waals surface area contributed by atoms with Gasteiger partial charge in [0.15, 0.2) is 0 Å². The minimum atomic E-state index is -0.221. The van der Waals surface area contributed by atoms with Gasteiger partial charge in [-0.1, -0.05) is 0 Å². The zero-order chi connectivity index (χ0) is 12.7. The number of anilines is 2. The lowest BCUT2D eigenvalue weighted by Crippen LogP contribution is -2.24. The number of aliphatic hydroxyl groups excluding tert-OH is 1. The Kier molecular flexibility index (Phi) is 2.86. The molecule has 0 amide bonds. The highest BCUT2D eigenvalue weighted by Gasteiger charge is 2.30. The molecule has 18 heavy (non-hydrogen) atoms. The van der Waals surface area contributed by atoms with Crippen molar-refractivity contribution in [2.24, 2.45) is 0 Å². The van der Waals surface area contributed by atoms with Gasteiger partial charge < -0.3 is 15.3 Å². The molecule has 2 aliphatic rings. The van der Waals surface area contributed by atoms with Crippen LogP contribution in [-0.2, 0) is 0 Å². The van der Waals surface area contributed by atoms with E-state index in [-0.39, 0.29) is 6.10 Å². The molecular formula is C13H20N4O. The van der Waals surface area contributed by atoms with E-state index >= 15 is 0 Å². The van der Waals surface area contributed by atoms with Crippen LogP contribution >= 0.6 is 0 Å². The Morgan fingerprint density at radius 1 is 1.28 bits per heavy atom. The molecule has 1 saturated carbocycles. The Balaban J connectivity index is 1.98. The Morgan fingerprint density at radius 2 is 2.06 bits per heavy atom. The first-order chi connectivity index (χ1) is 8.69. The summed E-state index contributed by atoms with van der Waals surface area (Å²) in [5.74, 6) is 3.42. The maximum absolute atomic E-state index is 9.67. The lowest BCUT2D eigenvalue weighted by atomic mass is 10.2. The van der Waals surface area contributed by atoms with Crippen molar-refractivity contribution in [3.05, 3.63) is 11.4 Å². The van der Waals surface area contributed by atoms with Gasteiger partial charge in [0.25, 0.3) is 0 Å². The molecule has 1 atom stereocenters. The van der Waals surface area contributed by atoms with Crippen molar-refractivity contribution in [3.8, 4) is 0 Å². The van der Waals surface area contributed by atoms with Gasteiger partial charge in [0.2, 0.25) is 0 Å². The van der Waals surface area contributed by atoms with Crippen molar-refractivity contribution in [2.45, 2.75) is 38.2 Å². The summed E-state index contributed by atoms with van der Waals surface area (Å²) in [6.45, 7) is 3.61. The van der Waals surface area contributed by atoms with E-state index in [0.29, 0.717) is 12.5 Å². The van der Waals surface area contributed by atoms with Crippen molar-refractivity contribution >= 4 is 11.6 Å². The zero-order valence-electron chi connectivity index (χ0n) is 11.0. The average molecular weight is 248 g/mol. The monoisotopic (exact) mass is 248 g/mol. The number of hydrogen-bond acceptors (Lipinski definition) is 5. The predicted molar refractivity (Wildman–Crippen MR) is 71.1 cm³/mol. The predicted octanol–water partition coefficient (Wildman–Crippen LogP) is 1.28. The van der Waals surface area contributed by atoms with E-state index in [1.165, 1.54) is 12.8 Å². The largest absolute Gasteiger partial charge is 0.391 e. The molecule has 1 unspecified atom stereocenters. The first-order valence-electron chi connectivity index (χ1n) is 6.68. The van der Waals surface area contributed by atoms with Crippen molar-refractivity contribution < 1.29 is 5.11 Å². The Bertz CT molecular complexity index is 459. The van der Waals surface area contributed by atoms with Crippen LogP contribution in [0, 0.1) is 6.92 Å². The molecule has 0 aromatic carbocycles. The van der Waals surface area contributed by atoms with Gasteiger partial charge in [0, 0.05) is 31.6 Å². The highest BCUT2D eigenvalue weighted by molar-refractivity contribution is 5.59. The summed E-state index contributed by atoms with van der Waals surface area (Å²) >= 11 is 0. The van der Waals surface area contributed by atoms with Crippen LogP contribution in [0.15, 0.2) is 0 Å². The molecule has 5 heteroatoms. The highest BCUT2D eigenvalue weighted by atomic mass is 16.3. The van der Waals surface area contributed by atoms with Crippen LogP contribution in [0.3, 0.4) is 0 Å². The van der Waals surface area contributed by atoms with Crippen molar-refractivity contribution in [3.63, 3.8) is 0 Å². The second kappa shape index (κ2) is 4.39. The van der Waals surface area contributed by atoms with Crippen LogP contribution in [0.1, 0.15) is 36.6 Å². The summed E-state index contributed by atoms with van der Waals surface area (Å²) in [5.41, 5.74) is 1.08. The number of β-amino-alcohol motifs (C(OH)–C–C–N with tert-alkyl or cyclic N) is 1. The molecule has 5 nitrogen and oxygen atoms in total. The molecule has 1 aromatic rings. The fourth-order valence-electron chi connectivity index (χ4n) is 2.53. The minimum Gasteiger partial charge on any atom is -0.391 e. The molecule has 0 spiro atoms. The van der Waals surface area contributed by atoms with E-state index in [1.807, 2.05) is 14.0 Å². The quantitative estimate of drug-likeness (QED) is 0.843. The lowest BCUT2D eigenvalue weighted by Gasteiger charge is -2.21. The normalized spacial score (nSPS) is 23.5. The van der Waals surface area contributed by atoms with Crippen LogP contribution in [0.2, 0.25) is 0 Å². The molecule has 2 heterocycles. The molecule has 2 fully saturated rings. The van der Waals surface area contributed by atoms with Crippen molar-refractivity contribution in [1.29, 1.82) is 0 Å². The SMILES string of the molecule is CNc1nc(C2CC2)nc(N2CCC(O)C2)c1C. The molecule has 98 valence electrons. The molecule has 0 bridgehead atoms. The van der Waals surface area contributed by atoms with E-state index in [1.54, 1.807) is 0 Å². The van der Waals surface area contributed by atoms with E-state index in [0.717, 1.165) is 36.0 Å². The number of aliphatic hydroxyl groups is 1. The molecule has 2 N–H and O–H groups in total. The van der Waals surface area contributed by atoms with Crippen molar-refractivity contribution in [2.75, 3.05) is 30.4 Å². The maximum Gasteiger partial charge on any atom is 0.137 e. The highest BCUT2D eigenvalue weighted by Crippen LogP contribution is 2.40. The summed E-state index contributed by atoms with van der Waals surface area (Å²) < 4.78 is 0. The zero-order valence-corrected chi connectivity index (χ0v) is 11.0. The average Bonchev–Trinajstić information content (AvgIpc) is 3.12. The van der Waals surface area contributed by atoms with E-state index < -0.39 is 0 Å². The molecular weight excluding hydrogens is 228 g/mol. The lowest BCUT2D eigenvalue weighted by molar-refractivity contribution is 0.198. The first kappa shape index (κ1) is 11.7. The van der Waals surface area contributed by atoms with E-state index in [2.05, 4.69) is 15.2 Å². The molecule has 1 aromatic heterocycles. The Labute approximate surface area is 107 Å². The smallest absolute Gasteiger partial charge is 0.137 e. The minimum absolute atomic E-state index is 0.221. The summed E-state index contributed by atoms with van der Waals surface area (Å²) in [4.78, 5) is 11.5. The van der Waals surface area contributed by atoms with Crippen molar-refractivity contribution in [1.82, 2.24) is 9.97 Å². The summed E-state index contributed by atoms with van der Waals surface area (Å²) in [6, 6.07) is 0. The van der Waals surface area contributed by atoms with Gasteiger partial charge in [0.1, 0.15) is 17.5 Å². The fraction of sp³-hybridized carbons (Fsp3) is 0.692. The Hall–Kier alpha value is -1.36. The van der Waals surface area contributed by atoms with Gasteiger partial charge >= 0.3 is 0 Å². The summed E-state index contributed by atoms with van der Waals surface area (Å²) in [7, 11) is 1.90. The third kappa shape index (κ3) is 2.03. The van der Waals surface area contributed by atoms with Gasteiger partial charge in [-0.3, -0.25) is 0 Å². The van der Waals surface area contributed by atoms with Crippen LogP contribution in [0.25, 0.3) is 0 Å². The summed E-state index contributed by atoms with van der Waals surface area (Å²) in [6.07, 6.45) is 3.02. The first-order valence-corrected chi connectivity index (χ1v) is 6.68.